The zero-order chi connectivity index (χ0) is 15.4. The van der Waals surface area contributed by atoms with E-state index in [4.69, 9.17) is 10.9 Å². The molecular weight excluding hydrogens is 266 g/mol. The van der Waals surface area contributed by atoms with Crippen LogP contribution in [0.4, 0.5) is 5.69 Å². The van der Waals surface area contributed by atoms with Crippen molar-refractivity contribution < 1.29 is 5.21 Å². The Morgan fingerprint density at radius 1 is 1.43 bits per heavy atom. The van der Waals surface area contributed by atoms with Crippen LogP contribution in [0.5, 0.6) is 0 Å². The number of rotatable bonds is 5. The summed E-state index contributed by atoms with van der Waals surface area (Å²) in [4.78, 5) is 2.06. The SMILES string of the molecule is CCc1cc(CN(C)c2ccccc2/C(N)=N/O)n(C)n1. The number of nitrogens with zero attached hydrogens (tertiary/aromatic N) is 4. The van der Waals surface area contributed by atoms with E-state index in [0.29, 0.717) is 12.1 Å². The number of nitrogens with two attached hydrogens (primary N) is 1. The Kier molecular flexibility index (Phi) is 4.47. The number of para-hydroxylation sites is 1. The summed E-state index contributed by atoms with van der Waals surface area (Å²) in [5.41, 5.74) is 9.54. The van der Waals surface area contributed by atoms with Crippen molar-refractivity contribution in [1.29, 1.82) is 0 Å². The van der Waals surface area contributed by atoms with Gasteiger partial charge in [0.1, 0.15) is 0 Å². The van der Waals surface area contributed by atoms with Crippen LogP contribution in [0.2, 0.25) is 0 Å². The van der Waals surface area contributed by atoms with Crippen LogP contribution in [0, 0.1) is 0 Å². The van der Waals surface area contributed by atoms with Crippen LogP contribution in [0.1, 0.15) is 23.9 Å². The Bertz CT molecular complexity index is 647. The molecule has 3 N–H and O–H groups in total. The highest BCUT2D eigenvalue weighted by molar-refractivity contribution is 6.02. The molecule has 0 bridgehead atoms. The van der Waals surface area contributed by atoms with Gasteiger partial charge in [-0.05, 0) is 24.6 Å². The maximum absolute atomic E-state index is 8.89. The molecule has 112 valence electrons. The minimum absolute atomic E-state index is 0.108. The molecule has 21 heavy (non-hydrogen) atoms. The van der Waals surface area contributed by atoms with Gasteiger partial charge in [-0.2, -0.15) is 5.10 Å². The van der Waals surface area contributed by atoms with Gasteiger partial charge in [0.25, 0.3) is 0 Å². The molecule has 0 aliphatic carbocycles. The fourth-order valence-electron chi connectivity index (χ4n) is 2.30. The predicted octanol–water partition coefficient (Wildman–Crippen LogP) is 1.71. The molecule has 2 rings (SSSR count). The lowest BCUT2D eigenvalue weighted by atomic mass is 10.1. The summed E-state index contributed by atoms with van der Waals surface area (Å²) in [5, 5.41) is 16.4. The fourth-order valence-corrected chi connectivity index (χ4v) is 2.30. The first-order valence-corrected chi connectivity index (χ1v) is 6.86. The van der Waals surface area contributed by atoms with Crippen LogP contribution < -0.4 is 10.6 Å². The van der Waals surface area contributed by atoms with Gasteiger partial charge in [0, 0.05) is 25.3 Å². The van der Waals surface area contributed by atoms with E-state index in [1.165, 1.54) is 0 Å². The number of hydrogen-bond donors (Lipinski definition) is 2. The average Bonchev–Trinajstić information content (AvgIpc) is 2.86. The Hall–Kier alpha value is -2.50. The second kappa shape index (κ2) is 6.30. The quantitative estimate of drug-likeness (QED) is 0.380. The molecule has 0 saturated carbocycles. The van der Waals surface area contributed by atoms with Crippen LogP contribution in [-0.2, 0) is 20.0 Å². The average molecular weight is 287 g/mol. The lowest BCUT2D eigenvalue weighted by Gasteiger charge is -2.22. The van der Waals surface area contributed by atoms with Crippen LogP contribution in [0.25, 0.3) is 0 Å². The standard InChI is InChI=1S/C15H21N5O/c1-4-11-9-12(20(3)17-11)10-19(2)14-8-6-5-7-13(14)15(16)18-21/h5-9,21H,4,10H2,1-3H3,(H2,16,18). The molecular formula is C15H21N5O. The van der Waals surface area contributed by atoms with E-state index >= 15 is 0 Å². The van der Waals surface area contributed by atoms with E-state index < -0.39 is 0 Å². The van der Waals surface area contributed by atoms with Gasteiger partial charge in [-0.15, -0.1) is 0 Å². The third-order valence-corrected chi connectivity index (χ3v) is 3.49. The van der Waals surface area contributed by atoms with Gasteiger partial charge in [-0.25, -0.2) is 0 Å². The summed E-state index contributed by atoms with van der Waals surface area (Å²) in [6.07, 6.45) is 0.915. The van der Waals surface area contributed by atoms with Crippen molar-refractivity contribution in [3.8, 4) is 0 Å². The first-order chi connectivity index (χ1) is 10.1. The normalized spacial score (nSPS) is 11.7. The molecule has 0 radical (unpaired) electrons. The number of aryl methyl sites for hydroxylation is 2. The molecule has 1 aromatic heterocycles. The minimum Gasteiger partial charge on any atom is -0.409 e. The molecule has 0 saturated heterocycles. The van der Waals surface area contributed by atoms with Gasteiger partial charge < -0.3 is 15.8 Å². The molecule has 6 heteroatoms. The van der Waals surface area contributed by atoms with Crippen LogP contribution >= 0.6 is 0 Å². The molecule has 1 aromatic carbocycles. The summed E-state index contributed by atoms with van der Waals surface area (Å²) in [7, 11) is 3.92. The molecule has 0 amide bonds. The smallest absolute Gasteiger partial charge is 0.172 e. The number of amidine groups is 1. The van der Waals surface area contributed by atoms with Gasteiger partial charge in [-0.3, -0.25) is 4.68 Å². The Labute approximate surface area is 124 Å². The second-order valence-corrected chi connectivity index (χ2v) is 4.96. The maximum Gasteiger partial charge on any atom is 0.172 e. The van der Waals surface area contributed by atoms with E-state index in [0.717, 1.165) is 23.5 Å². The van der Waals surface area contributed by atoms with Gasteiger partial charge in [0.2, 0.25) is 0 Å². The van der Waals surface area contributed by atoms with Crippen LogP contribution in [-0.4, -0.2) is 27.9 Å². The van der Waals surface area contributed by atoms with Crippen molar-refractivity contribution in [1.82, 2.24) is 9.78 Å². The zero-order valence-corrected chi connectivity index (χ0v) is 12.6. The summed E-state index contributed by atoms with van der Waals surface area (Å²) in [6, 6.07) is 9.68. The van der Waals surface area contributed by atoms with E-state index in [-0.39, 0.29) is 5.84 Å². The van der Waals surface area contributed by atoms with E-state index in [1.807, 2.05) is 43.0 Å². The van der Waals surface area contributed by atoms with Crippen molar-refractivity contribution >= 4 is 11.5 Å². The highest BCUT2D eigenvalue weighted by atomic mass is 16.4. The minimum atomic E-state index is 0.108. The zero-order valence-electron chi connectivity index (χ0n) is 12.6. The number of hydrogen-bond acceptors (Lipinski definition) is 4. The van der Waals surface area contributed by atoms with Gasteiger partial charge in [0.15, 0.2) is 5.84 Å². The monoisotopic (exact) mass is 287 g/mol. The molecule has 0 aliphatic rings. The van der Waals surface area contributed by atoms with Crippen molar-refractivity contribution in [3.05, 3.63) is 47.3 Å². The Morgan fingerprint density at radius 3 is 2.76 bits per heavy atom. The number of anilines is 1. The van der Waals surface area contributed by atoms with Gasteiger partial charge in [0.05, 0.1) is 17.9 Å². The van der Waals surface area contributed by atoms with E-state index in [9.17, 15) is 0 Å². The van der Waals surface area contributed by atoms with Crippen LogP contribution in [0.15, 0.2) is 35.5 Å². The van der Waals surface area contributed by atoms with Crippen LogP contribution in [0.3, 0.4) is 0 Å². The molecule has 0 aliphatic heterocycles. The Morgan fingerprint density at radius 2 is 2.14 bits per heavy atom. The first-order valence-electron chi connectivity index (χ1n) is 6.86. The molecule has 1 heterocycles. The molecule has 0 atom stereocenters. The van der Waals surface area contributed by atoms with Gasteiger partial charge >= 0.3 is 0 Å². The summed E-state index contributed by atoms with van der Waals surface area (Å²) >= 11 is 0. The van der Waals surface area contributed by atoms with Crippen molar-refractivity contribution in [3.63, 3.8) is 0 Å². The topological polar surface area (TPSA) is 79.7 Å². The summed E-state index contributed by atoms with van der Waals surface area (Å²) in [5.74, 6) is 0.108. The van der Waals surface area contributed by atoms with Crippen molar-refractivity contribution in [2.45, 2.75) is 19.9 Å². The number of aromatic nitrogens is 2. The molecule has 2 aromatic rings. The van der Waals surface area contributed by atoms with Crippen molar-refractivity contribution in [2.24, 2.45) is 17.9 Å². The highest BCUT2D eigenvalue weighted by Crippen LogP contribution is 2.21. The largest absolute Gasteiger partial charge is 0.409 e. The van der Waals surface area contributed by atoms with Crippen molar-refractivity contribution in [2.75, 3.05) is 11.9 Å². The fraction of sp³-hybridized carbons (Fsp3) is 0.333. The third kappa shape index (κ3) is 3.16. The van der Waals surface area contributed by atoms with E-state index in [2.05, 4.69) is 28.1 Å². The third-order valence-electron chi connectivity index (χ3n) is 3.49. The lowest BCUT2D eigenvalue weighted by molar-refractivity contribution is 0.318. The molecule has 0 spiro atoms. The van der Waals surface area contributed by atoms with Gasteiger partial charge in [-0.1, -0.05) is 24.2 Å². The summed E-state index contributed by atoms with van der Waals surface area (Å²) in [6.45, 7) is 2.78. The second-order valence-electron chi connectivity index (χ2n) is 4.96. The molecule has 0 fully saturated rings. The summed E-state index contributed by atoms with van der Waals surface area (Å²) < 4.78 is 1.89. The lowest BCUT2D eigenvalue weighted by Crippen LogP contribution is -2.23. The number of oxime groups is 1. The molecule has 6 nitrogen and oxygen atoms in total. The predicted molar refractivity (Wildman–Crippen MR) is 83.6 cm³/mol. The van der Waals surface area contributed by atoms with E-state index in [1.54, 1.807) is 0 Å². The highest BCUT2D eigenvalue weighted by Gasteiger charge is 2.13. The number of benzene rings is 1. The Balaban J connectivity index is 2.28. The molecule has 0 unspecified atom stereocenters. The maximum atomic E-state index is 8.89. The first kappa shape index (κ1) is 14.9.